The minimum absolute atomic E-state index is 0.0621. The van der Waals surface area contributed by atoms with Crippen LogP contribution in [0.2, 0.25) is 0 Å². The Balaban J connectivity index is 2.28. The number of aromatic nitrogens is 1. The number of nitrogens with zero attached hydrogens (tertiary/aromatic N) is 1. The topological polar surface area (TPSA) is 45.4 Å². The molecule has 92 valence electrons. The Labute approximate surface area is 101 Å². The highest BCUT2D eigenvalue weighted by Crippen LogP contribution is 2.19. The summed E-state index contributed by atoms with van der Waals surface area (Å²) in [6.45, 7) is 4.48. The number of hydrogen-bond donors (Lipinski definition) is 2. The van der Waals surface area contributed by atoms with Crippen molar-refractivity contribution in [2.75, 3.05) is 0 Å². The molecule has 17 heavy (non-hydrogen) atoms. The second-order valence-electron chi connectivity index (χ2n) is 5.12. The van der Waals surface area contributed by atoms with E-state index in [0.29, 0.717) is 6.42 Å². The normalized spacial score (nSPS) is 12.2. The number of hydrogen-bond acceptors (Lipinski definition) is 2. The SMILES string of the molecule is CC(C)(O)CCn1ccc2ccc(CO)cc21. The molecule has 0 saturated heterocycles. The lowest BCUT2D eigenvalue weighted by atomic mass is 10.1. The zero-order valence-electron chi connectivity index (χ0n) is 10.3. The lowest BCUT2D eigenvalue weighted by Gasteiger charge is -2.17. The van der Waals surface area contributed by atoms with E-state index < -0.39 is 5.60 Å². The van der Waals surface area contributed by atoms with Crippen LogP contribution in [0.25, 0.3) is 10.9 Å². The largest absolute Gasteiger partial charge is 0.392 e. The highest BCUT2D eigenvalue weighted by atomic mass is 16.3. The second-order valence-corrected chi connectivity index (χ2v) is 5.12. The van der Waals surface area contributed by atoms with Crippen LogP contribution >= 0.6 is 0 Å². The predicted octanol–water partition coefficient (Wildman–Crippen LogP) is 2.29. The van der Waals surface area contributed by atoms with Crippen LogP contribution in [-0.2, 0) is 13.2 Å². The summed E-state index contributed by atoms with van der Waals surface area (Å²) >= 11 is 0. The number of aliphatic hydroxyl groups is 2. The molecule has 2 N–H and O–H groups in total. The summed E-state index contributed by atoms with van der Waals surface area (Å²) in [7, 11) is 0. The molecule has 0 spiro atoms. The van der Waals surface area contributed by atoms with E-state index in [4.69, 9.17) is 5.11 Å². The molecule has 0 fully saturated rings. The van der Waals surface area contributed by atoms with Crippen molar-refractivity contribution < 1.29 is 10.2 Å². The summed E-state index contributed by atoms with van der Waals surface area (Å²) in [5, 5.41) is 20.0. The van der Waals surface area contributed by atoms with Gasteiger partial charge < -0.3 is 14.8 Å². The van der Waals surface area contributed by atoms with Crippen molar-refractivity contribution in [1.29, 1.82) is 0 Å². The van der Waals surface area contributed by atoms with Crippen molar-refractivity contribution in [2.24, 2.45) is 0 Å². The average molecular weight is 233 g/mol. The van der Waals surface area contributed by atoms with Crippen molar-refractivity contribution in [1.82, 2.24) is 4.57 Å². The smallest absolute Gasteiger partial charge is 0.0682 e. The zero-order chi connectivity index (χ0) is 12.5. The first-order chi connectivity index (χ1) is 7.99. The Morgan fingerprint density at radius 2 is 2.00 bits per heavy atom. The molecular weight excluding hydrogens is 214 g/mol. The van der Waals surface area contributed by atoms with Crippen LogP contribution in [-0.4, -0.2) is 20.4 Å². The fourth-order valence-electron chi connectivity index (χ4n) is 1.92. The molecule has 0 unspecified atom stereocenters. The summed E-state index contributed by atoms with van der Waals surface area (Å²) in [6.07, 6.45) is 2.73. The maximum Gasteiger partial charge on any atom is 0.0682 e. The maximum atomic E-state index is 9.74. The quantitative estimate of drug-likeness (QED) is 0.851. The Morgan fingerprint density at radius 1 is 1.24 bits per heavy atom. The third-order valence-electron chi connectivity index (χ3n) is 2.99. The Hall–Kier alpha value is -1.32. The van der Waals surface area contributed by atoms with Gasteiger partial charge in [-0.3, -0.25) is 0 Å². The van der Waals surface area contributed by atoms with Crippen LogP contribution < -0.4 is 0 Å². The van der Waals surface area contributed by atoms with Gasteiger partial charge in [-0.1, -0.05) is 12.1 Å². The van der Waals surface area contributed by atoms with Crippen LogP contribution in [0.1, 0.15) is 25.8 Å². The molecule has 3 nitrogen and oxygen atoms in total. The van der Waals surface area contributed by atoms with Gasteiger partial charge >= 0.3 is 0 Å². The molecule has 1 aromatic carbocycles. The molecule has 0 aliphatic carbocycles. The lowest BCUT2D eigenvalue weighted by Crippen LogP contribution is -2.20. The molecule has 1 heterocycles. The monoisotopic (exact) mass is 233 g/mol. The Bertz CT molecular complexity index is 508. The van der Waals surface area contributed by atoms with Gasteiger partial charge in [0.2, 0.25) is 0 Å². The van der Waals surface area contributed by atoms with Crippen molar-refractivity contribution >= 4 is 10.9 Å². The van der Waals surface area contributed by atoms with Crippen LogP contribution in [0, 0.1) is 0 Å². The molecular formula is C14H19NO2. The summed E-state index contributed by atoms with van der Waals surface area (Å²) in [5.41, 5.74) is 1.38. The van der Waals surface area contributed by atoms with E-state index in [2.05, 4.69) is 10.6 Å². The molecule has 0 aliphatic rings. The third-order valence-corrected chi connectivity index (χ3v) is 2.99. The van der Waals surface area contributed by atoms with Crippen molar-refractivity contribution in [3.8, 4) is 0 Å². The number of rotatable bonds is 4. The first-order valence-electron chi connectivity index (χ1n) is 5.91. The van der Waals surface area contributed by atoms with Gasteiger partial charge in [-0.25, -0.2) is 0 Å². The number of aliphatic hydroxyl groups excluding tert-OH is 1. The van der Waals surface area contributed by atoms with Crippen LogP contribution in [0.3, 0.4) is 0 Å². The molecule has 0 amide bonds. The van der Waals surface area contributed by atoms with Gasteiger partial charge in [0, 0.05) is 18.3 Å². The fraction of sp³-hybridized carbons (Fsp3) is 0.429. The van der Waals surface area contributed by atoms with Gasteiger partial charge in [0.25, 0.3) is 0 Å². The van der Waals surface area contributed by atoms with Gasteiger partial charge in [-0.05, 0) is 43.4 Å². The van der Waals surface area contributed by atoms with Crippen molar-refractivity contribution in [3.05, 3.63) is 36.0 Å². The van der Waals surface area contributed by atoms with E-state index in [1.807, 2.05) is 38.2 Å². The molecule has 2 rings (SSSR count). The van der Waals surface area contributed by atoms with Gasteiger partial charge in [-0.2, -0.15) is 0 Å². The van der Waals surface area contributed by atoms with E-state index in [1.54, 1.807) is 0 Å². The van der Waals surface area contributed by atoms with E-state index in [9.17, 15) is 5.11 Å². The highest BCUT2D eigenvalue weighted by molar-refractivity contribution is 5.80. The fourth-order valence-corrected chi connectivity index (χ4v) is 1.92. The van der Waals surface area contributed by atoms with E-state index >= 15 is 0 Å². The average Bonchev–Trinajstić information content (AvgIpc) is 2.67. The van der Waals surface area contributed by atoms with Crippen LogP contribution in [0.5, 0.6) is 0 Å². The molecule has 1 aromatic heterocycles. The molecule has 0 radical (unpaired) electrons. The van der Waals surface area contributed by atoms with Gasteiger partial charge in [0.05, 0.1) is 12.2 Å². The number of aryl methyl sites for hydroxylation is 1. The molecule has 0 bridgehead atoms. The van der Waals surface area contributed by atoms with E-state index in [1.165, 1.54) is 0 Å². The first kappa shape index (κ1) is 12.1. The summed E-state index contributed by atoms with van der Waals surface area (Å²) < 4.78 is 2.12. The first-order valence-corrected chi connectivity index (χ1v) is 5.91. The minimum Gasteiger partial charge on any atom is -0.392 e. The van der Waals surface area contributed by atoms with Gasteiger partial charge in [0.1, 0.15) is 0 Å². The zero-order valence-corrected chi connectivity index (χ0v) is 10.3. The van der Waals surface area contributed by atoms with E-state index in [0.717, 1.165) is 23.0 Å². The lowest BCUT2D eigenvalue weighted by molar-refractivity contribution is 0.0666. The standard InChI is InChI=1S/C14H19NO2/c1-14(2,17)6-8-15-7-5-12-4-3-11(10-16)9-13(12)15/h3-5,7,9,16-17H,6,8,10H2,1-2H3. The summed E-state index contributed by atoms with van der Waals surface area (Å²) in [5.74, 6) is 0. The summed E-state index contributed by atoms with van der Waals surface area (Å²) in [4.78, 5) is 0. The van der Waals surface area contributed by atoms with Crippen molar-refractivity contribution in [3.63, 3.8) is 0 Å². The Morgan fingerprint density at radius 3 is 2.65 bits per heavy atom. The van der Waals surface area contributed by atoms with Gasteiger partial charge in [-0.15, -0.1) is 0 Å². The van der Waals surface area contributed by atoms with Crippen LogP contribution in [0.15, 0.2) is 30.5 Å². The molecule has 3 heteroatoms. The number of benzene rings is 1. The molecule has 0 saturated carbocycles. The second kappa shape index (κ2) is 4.51. The molecule has 0 atom stereocenters. The molecule has 2 aromatic rings. The minimum atomic E-state index is -0.648. The van der Waals surface area contributed by atoms with Crippen molar-refractivity contribution in [2.45, 2.75) is 39.0 Å². The maximum absolute atomic E-state index is 9.74. The number of fused-ring (bicyclic) bond motifs is 1. The predicted molar refractivity (Wildman–Crippen MR) is 68.8 cm³/mol. The summed E-state index contributed by atoms with van der Waals surface area (Å²) in [6, 6.07) is 8.00. The van der Waals surface area contributed by atoms with Gasteiger partial charge in [0.15, 0.2) is 0 Å². The van der Waals surface area contributed by atoms with Crippen LogP contribution in [0.4, 0.5) is 0 Å². The Kier molecular flexibility index (Phi) is 3.22. The third kappa shape index (κ3) is 2.87. The van der Waals surface area contributed by atoms with E-state index in [-0.39, 0.29) is 6.61 Å². The molecule has 0 aliphatic heterocycles. The highest BCUT2D eigenvalue weighted by Gasteiger charge is 2.12.